The van der Waals surface area contributed by atoms with Crippen LogP contribution >= 0.6 is 0 Å². The normalized spacial score (nSPS) is 20.7. The van der Waals surface area contributed by atoms with Crippen molar-refractivity contribution in [2.24, 2.45) is 11.8 Å². The molecule has 29 heavy (non-hydrogen) atoms. The van der Waals surface area contributed by atoms with Crippen LogP contribution in [0.3, 0.4) is 0 Å². The Morgan fingerprint density at radius 1 is 1.17 bits per heavy atom. The standard InChI is InChI=1S/C21H28F3N3O2/c1-15(2)6-7-27-14-16(12-19(27)28)20(29)26-10-8-25(9-11-26)18-5-3-4-17(13-18)21(22,23)24/h3-5,13,15-16H,6-12,14H2,1-2H3. The first-order valence-electron chi connectivity index (χ1n) is 10.1. The smallest absolute Gasteiger partial charge is 0.368 e. The Labute approximate surface area is 169 Å². The maximum absolute atomic E-state index is 12.9. The number of alkyl halides is 3. The van der Waals surface area contributed by atoms with Crippen molar-refractivity contribution in [3.63, 3.8) is 0 Å². The van der Waals surface area contributed by atoms with E-state index >= 15 is 0 Å². The maximum Gasteiger partial charge on any atom is 0.416 e. The Hall–Kier alpha value is -2.25. The second-order valence-corrected chi connectivity index (χ2v) is 8.28. The topological polar surface area (TPSA) is 43.9 Å². The van der Waals surface area contributed by atoms with Gasteiger partial charge in [0.2, 0.25) is 11.8 Å². The molecule has 160 valence electrons. The lowest BCUT2D eigenvalue weighted by molar-refractivity contribution is -0.137. The molecule has 5 nitrogen and oxygen atoms in total. The van der Waals surface area contributed by atoms with Gasteiger partial charge in [-0.05, 0) is 30.5 Å². The molecule has 0 saturated carbocycles. The van der Waals surface area contributed by atoms with E-state index in [0.29, 0.717) is 50.9 Å². The Morgan fingerprint density at radius 3 is 2.48 bits per heavy atom. The monoisotopic (exact) mass is 411 g/mol. The number of carbonyl (C=O) groups is 2. The molecule has 0 radical (unpaired) electrons. The molecular formula is C21H28F3N3O2. The molecule has 2 amide bonds. The van der Waals surface area contributed by atoms with Crippen LogP contribution in [0.2, 0.25) is 0 Å². The summed E-state index contributed by atoms with van der Waals surface area (Å²) in [6.07, 6.45) is -3.20. The summed E-state index contributed by atoms with van der Waals surface area (Å²) in [5.74, 6) is 0.205. The first-order valence-corrected chi connectivity index (χ1v) is 10.1. The van der Waals surface area contributed by atoms with Crippen molar-refractivity contribution in [3.05, 3.63) is 29.8 Å². The van der Waals surface area contributed by atoms with Crippen LogP contribution in [0.15, 0.2) is 24.3 Å². The van der Waals surface area contributed by atoms with E-state index in [0.717, 1.165) is 18.6 Å². The highest BCUT2D eigenvalue weighted by Crippen LogP contribution is 2.32. The lowest BCUT2D eigenvalue weighted by Gasteiger charge is -2.37. The van der Waals surface area contributed by atoms with Crippen molar-refractivity contribution in [2.45, 2.75) is 32.9 Å². The van der Waals surface area contributed by atoms with Gasteiger partial charge in [-0.2, -0.15) is 13.2 Å². The summed E-state index contributed by atoms with van der Waals surface area (Å²) in [6, 6.07) is 5.28. The Kier molecular flexibility index (Phi) is 6.39. The highest BCUT2D eigenvalue weighted by molar-refractivity contribution is 5.89. The molecule has 3 rings (SSSR count). The van der Waals surface area contributed by atoms with Crippen LogP contribution in [0.1, 0.15) is 32.3 Å². The third kappa shape index (κ3) is 5.22. The number of benzene rings is 1. The first kappa shape index (κ1) is 21.5. The zero-order valence-electron chi connectivity index (χ0n) is 16.9. The predicted octanol–water partition coefficient (Wildman–Crippen LogP) is 3.25. The summed E-state index contributed by atoms with van der Waals surface area (Å²) in [5, 5.41) is 0. The van der Waals surface area contributed by atoms with Crippen molar-refractivity contribution in [3.8, 4) is 0 Å². The molecule has 1 atom stereocenters. The fourth-order valence-electron chi connectivity index (χ4n) is 3.89. The molecule has 0 spiro atoms. The van der Waals surface area contributed by atoms with Gasteiger partial charge in [-0.15, -0.1) is 0 Å². The molecule has 0 bridgehead atoms. The quantitative estimate of drug-likeness (QED) is 0.747. The third-order valence-corrected chi connectivity index (χ3v) is 5.67. The van der Waals surface area contributed by atoms with Crippen molar-refractivity contribution in [1.82, 2.24) is 9.80 Å². The molecular weight excluding hydrogens is 383 g/mol. The van der Waals surface area contributed by atoms with E-state index in [9.17, 15) is 22.8 Å². The number of carbonyl (C=O) groups excluding carboxylic acids is 2. The van der Waals surface area contributed by atoms with Gasteiger partial charge in [0, 0.05) is 51.4 Å². The predicted molar refractivity (Wildman–Crippen MR) is 104 cm³/mol. The minimum Gasteiger partial charge on any atom is -0.368 e. The van der Waals surface area contributed by atoms with Gasteiger partial charge in [-0.25, -0.2) is 0 Å². The molecule has 8 heteroatoms. The van der Waals surface area contributed by atoms with E-state index < -0.39 is 11.7 Å². The number of amides is 2. The molecule has 2 heterocycles. The van der Waals surface area contributed by atoms with E-state index in [1.807, 2.05) is 4.90 Å². The lowest BCUT2D eigenvalue weighted by atomic mass is 10.1. The molecule has 1 aromatic rings. The maximum atomic E-state index is 12.9. The minimum atomic E-state index is -4.37. The summed E-state index contributed by atoms with van der Waals surface area (Å²) in [6.45, 7) is 7.22. The minimum absolute atomic E-state index is 0.0194. The Morgan fingerprint density at radius 2 is 1.86 bits per heavy atom. The van der Waals surface area contributed by atoms with E-state index in [-0.39, 0.29) is 24.2 Å². The molecule has 0 aliphatic carbocycles. The molecule has 2 aliphatic heterocycles. The number of nitrogens with zero attached hydrogens (tertiary/aromatic N) is 3. The SMILES string of the molecule is CC(C)CCN1CC(C(=O)N2CCN(c3cccc(C(F)(F)F)c3)CC2)CC1=O. The Bertz CT molecular complexity index is 743. The van der Waals surface area contributed by atoms with Gasteiger partial charge < -0.3 is 14.7 Å². The zero-order valence-corrected chi connectivity index (χ0v) is 16.9. The van der Waals surface area contributed by atoms with Gasteiger partial charge in [0.15, 0.2) is 0 Å². The average molecular weight is 411 g/mol. The molecule has 0 N–H and O–H groups in total. The van der Waals surface area contributed by atoms with Crippen molar-refractivity contribution >= 4 is 17.5 Å². The van der Waals surface area contributed by atoms with Crippen LogP contribution in [0.25, 0.3) is 0 Å². The van der Waals surface area contributed by atoms with Gasteiger partial charge in [0.1, 0.15) is 0 Å². The number of rotatable bonds is 5. The van der Waals surface area contributed by atoms with Crippen molar-refractivity contribution < 1.29 is 22.8 Å². The Balaban J connectivity index is 1.54. The van der Waals surface area contributed by atoms with E-state index in [1.54, 1.807) is 15.9 Å². The summed E-state index contributed by atoms with van der Waals surface area (Å²) in [4.78, 5) is 30.4. The van der Waals surface area contributed by atoms with Crippen LogP contribution in [-0.4, -0.2) is 60.9 Å². The number of piperazine rings is 1. The number of anilines is 1. The van der Waals surface area contributed by atoms with Gasteiger partial charge >= 0.3 is 6.18 Å². The zero-order chi connectivity index (χ0) is 21.2. The summed E-state index contributed by atoms with van der Waals surface area (Å²) < 4.78 is 38.8. The highest BCUT2D eigenvalue weighted by Gasteiger charge is 2.37. The van der Waals surface area contributed by atoms with Crippen LogP contribution in [0, 0.1) is 11.8 Å². The first-order chi connectivity index (χ1) is 13.6. The summed E-state index contributed by atoms with van der Waals surface area (Å²) in [5.41, 5.74) is -0.151. The van der Waals surface area contributed by atoms with Crippen LogP contribution < -0.4 is 4.90 Å². The number of hydrogen-bond donors (Lipinski definition) is 0. The summed E-state index contributed by atoms with van der Waals surface area (Å²) >= 11 is 0. The van der Waals surface area contributed by atoms with Gasteiger partial charge in [-0.3, -0.25) is 9.59 Å². The fraction of sp³-hybridized carbons (Fsp3) is 0.619. The van der Waals surface area contributed by atoms with Gasteiger partial charge in [0.25, 0.3) is 0 Å². The van der Waals surface area contributed by atoms with Crippen LogP contribution in [0.5, 0.6) is 0 Å². The largest absolute Gasteiger partial charge is 0.416 e. The average Bonchev–Trinajstić information content (AvgIpc) is 3.06. The van der Waals surface area contributed by atoms with Gasteiger partial charge in [0.05, 0.1) is 11.5 Å². The van der Waals surface area contributed by atoms with E-state index in [1.165, 1.54) is 6.07 Å². The molecule has 1 aromatic carbocycles. The van der Waals surface area contributed by atoms with E-state index in [4.69, 9.17) is 0 Å². The fourth-order valence-corrected chi connectivity index (χ4v) is 3.89. The summed E-state index contributed by atoms with van der Waals surface area (Å²) in [7, 11) is 0. The number of hydrogen-bond acceptors (Lipinski definition) is 3. The molecule has 2 saturated heterocycles. The van der Waals surface area contributed by atoms with Crippen molar-refractivity contribution in [1.29, 1.82) is 0 Å². The number of likely N-dealkylation sites (tertiary alicyclic amines) is 1. The second kappa shape index (κ2) is 8.63. The molecule has 2 fully saturated rings. The van der Waals surface area contributed by atoms with Crippen molar-refractivity contribution in [2.75, 3.05) is 44.2 Å². The van der Waals surface area contributed by atoms with E-state index in [2.05, 4.69) is 13.8 Å². The lowest BCUT2D eigenvalue weighted by Crippen LogP contribution is -2.50. The molecule has 0 aromatic heterocycles. The van der Waals surface area contributed by atoms with Gasteiger partial charge in [-0.1, -0.05) is 19.9 Å². The second-order valence-electron chi connectivity index (χ2n) is 8.28. The highest BCUT2D eigenvalue weighted by atomic mass is 19.4. The number of halogens is 3. The van der Waals surface area contributed by atoms with Crippen LogP contribution in [0.4, 0.5) is 18.9 Å². The third-order valence-electron chi connectivity index (χ3n) is 5.67. The molecule has 1 unspecified atom stereocenters. The molecule has 2 aliphatic rings. The van der Waals surface area contributed by atoms with Crippen LogP contribution in [-0.2, 0) is 15.8 Å².